The molecule has 2 aromatic carbocycles. The zero-order chi connectivity index (χ0) is 23.5. The van der Waals surface area contributed by atoms with Crippen molar-refractivity contribution in [3.63, 3.8) is 0 Å². The number of carbonyl (C=O) groups excluding carboxylic acids is 1. The molecule has 3 aromatic rings. The molecule has 0 aliphatic heterocycles. The highest BCUT2D eigenvalue weighted by Gasteiger charge is 2.30. The van der Waals surface area contributed by atoms with Crippen LogP contribution in [0.5, 0.6) is 5.75 Å². The number of ketones is 1. The van der Waals surface area contributed by atoms with Gasteiger partial charge in [0, 0.05) is 22.4 Å². The number of carboxylic acid groups (broad SMARTS) is 1. The second-order valence-corrected chi connectivity index (χ2v) is 8.27. The molecule has 5 nitrogen and oxygen atoms in total. The van der Waals surface area contributed by atoms with E-state index in [1.165, 1.54) is 23.5 Å². The first-order chi connectivity index (χ1) is 15.0. The molecule has 9 heteroatoms. The number of hydrogen-bond donors (Lipinski definition) is 1. The Morgan fingerprint density at radius 3 is 2.38 bits per heavy atom. The van der Waals surface area contributed by atoms with Gasteiger partial charge in [0.05, 0.1) is 11.3 Å². The van der Waals surface area contributed by atoms with E-state index < -0.39 is 24.3 Å². The molecule has 0 aliphatic carbocycles. The van der Waals surface area contributed by atoms with Crippen LogP contribution in [0.1, 0.15) is 38.5 Å². The lowest BCUT2D eigenvalue weighted by Gasteiger charge is -2.08. The average Bonchev–Trinajstić information content (AvgIpc) is 3.11. The third kappa shape index (κ3) is 5.73. The zero-order valence-electron chi connectivity index (χ0n) is 17.3. The van der Waals surface area contributed by atoms with E-state index in [2.05, 4.69) is 4.98 Å². The molecule has 168 valence electrons. The SMILES string of the molecule is Cc1cc(C(=O)CCc2sc(-c3ccc(C(F)(F)F)cc3)nc2C)ccc1OCC(=O)O. The summed E-state index contributed by atoms with van der Waals surface area (Å²) in [6.45, 7) is 3.08. The predicted octanol–water partition coefficient (Wildman–Crippen LogP) is 5.72. The third-order valence-corrected chi connectivity index (χ3v) is 6.05. The number of aromatic nitrogens is 1. The van der Waals surface area contributed by atoms with Gasteiger partial charge in [-0.15, -0.1) is 11.3 Å². The molecule has 0 aliphatic rings. The maximum Gasteiger partial charge on any atom is 0.416 e. The van der Waals surface area contributed by atoms with Crippen LogP contribution in [-0.2, 0) is 17.4 Å². The molecule has 0 spiro atoms. The van der Waals surface area contributed by atoms with E-state index in [1.54, 1.807) is 25.1 Å². The first-order valence-corrected chi connectivity index (χ1v) is 10.5. The fourth-order valence-corrected chi connectivity index (χ4v) is 4.15. The van der Waals surface area contributed by atoms with Crippen molar-refractivity contribution in [2.24, 2.45) is 0 Å². The summed E-state index contributed by atoms with van der Waals surface area (Å²) in [5, 5.41) is 9.31. The second-order valence-electron chi connectivity index (χ2n) is 7.19. The first kappa shape index (κ1) is 23.5. The molecule has 0 fully saturated rings. The van der Waals surface area contributed by atoms with Crippen molar-refractivity contribution >= 4 is 23.1 Å². The Labute approximate surface area is 186 Å². The summed E-state index contributed by atoms with van der Waals surface area (Å²) in [5.41, 5.74) is 1.78. The topological polar surface area (TPSA) is 76.5 Å². The van der Waals surface area contributed by atoms with Gasteiger partial charge in [-0.3, -0.25) is 4.79 Å². The van der Waals surface area contributed by atoms with E-state index in [0.717, 1.165) is 22.7 Å². The van der Waals surface area contributed by atoms with E-state index in [9.17, 15) is 22.8 Å². The minimum Gasteiger partial charge on any atom is -0.482 e. The van der Waals surface area contributed by atoms with Crippen LogP contribution in [0.25, 0.3) is 10.6 Å². The molecule has 0 saturated heterocycles. The Morgan fingerprint density at radius 2 is 1.78 bits per heavy atom. The van der Waals surface area contributed by atoms with Crippen molar-refractivity contribution in [1.82, 2.24) is 4.98 Å². The van der Waals surface area contributed by atoms with Crippen molar-refractivity contribution in [3.8, 4) is 16.3 Å². The Balaban J connectivity index is 1.66. The maximum absolute atomic E-state index is 12.7. The Morgan fingerprint density at radius 1 is 1.09 bits per heavy atom. The molecule has 0 atom stereocenters. The summed E-state index contributed by atoms with van der Waals surface area (Å²) in [6.07, 6.45) is -3.69. The van der Waals surface area contributed by atoms with Gasteiger partial charge in [0.25, 0.3) is 0 Å². The lowest BCUT2D eigenvalue weighted by atomic mass is 10.0. The molecule has 0 saturated carbocycles. The number of aryl methyl sites for hydroxylation is 3. The highest BCUT2D eigenvalue weighted by Crippen LogP contribution is 2.33. The fraction of sp³-hybridized carbons (Fsp3) is 0.261. The summed E-state index contributed by atoms with van der Waals surface area (Å²) in [7, 11) is 0. The lowest BCUT2D eigenvalue weighted by molar-refractivity contribution is -0.139. The standard InChI is InChI=1S/C23H20F3NO4S/c1-13-11-16(5-9-19(13)31-12-21(29)30)18(28)8-10-20-14(2)27-22(32-20)15-3-6-17(7-4-15)23(24,25)26/h3-7,9,11H,8,10,12H2,1-2H3,(H,29,30). The molecular weight excluding hydrogens is 443 g/mol. The summed E-state index contributed by atoms with van der Waals surface area (Å²) in [6, 6.07) is 9.68. The molecule has 0 radical (unpaired) electrons. The van der Waals surface area contributed by atoms with Crippen LogP contribution >= 0.6 is 11.3 Å². The number of Topliss-reactive ketones (excluding diaryl/α,β-unsaturated/α-hetero) is 1. The summed E-state index contributed by atoms with van der Waals surface area (Å²) >= 11 is 1.36. The molecule has 1 heterocycles. The molecule has 1 aromatic heterocycles. The van der Waals surface area contributed by atoms with E-state index in [4.69, 9.17) is 9.84 Å². The van der Waals surface area contributed by atoms with Crippen LogP contribution < -0.4 is 4.74 Å². The van der Waals surface area contributed by atoms with Crippen LogP contribution in [0.4, 0.5) is 13.2 Å². The van der Waals surface area contributed by atoms with E-state index in [-0.39, 0.29) is 12.2 Å². The van der Waals surface area contributed by atoms with Crippen molar-refractivity contribution in [1.29, 1.82) is 0 Å². The minimum atomic E-state index is -4.39. The van der Waals surface area contributed by atoms with Crippen LogP contribution in [0, 0.1) is 13.8 Å². The summed E-state index contributed by atoms with van der Waals surface area (Å²) < 4.78 is 43.4. The number of thiazole rings is 1. The monoisotopic (exact) mass is 463 g/mol. The molecule has 0 bridgehead atoms. The Hall–Kier alpha value is -3.20. The van der Waals surface area contributed by atoms with Gasteiger partial charge in [0.2, 0.25) is 0 Å². The number of nitrogens with zero attached hydrogens (tertiary/aromatic N) is 1. The number of ether oxygens (including phenoxy) is 1. The van der Waals surface area contributed by atoms with E-state index in [1.807, 2.05) is 6.92 Å². The number of rotatable bonds is 8. The maximum atomic E-state index is 12.7. The second kappa shape index (κ2) is 9.52. The molecular formula is C23H20F3NO4S. The quantitative estimate of drug-likeness (QED) is 0.432. The highest BCUT2D eigenvalue weighted by atomic mass is 32.1. The molecule has 0 unspecified atom stereocenters. The Bertz CT molecular complexity index is 1140. The van der Waals surface area contributed by atoms with Crippen molar-refractivity contribution < 1.29 is 32.6 Å². The number of alkyl halides is 3. The van der Waals surface area contributed by atoms with Crippen LogP contribution in [-0.4, -0.2) is 28.4 Å². The number of halogens is 3. The van der Waals surface area contributed by atoms with Gasteiger partial charge >= 0.3 is 12.1 Å². The van der Waals surface area contributed by atoms with Gasteiger partial charge in [-0.1, -0.05) is 12.1 Å². The van der Waals surface area contributed by atoms with Gasteiger partial charge in [0.15, 0.2) is 12.4 Å². The van der Waals surface area contributed by atoms with Crippen LogP contribution in [0.2, 0.25) is 0 Å². The van der Waals surface area contributed by atoms with Gasteiger partial charge in [-0.2, -0.15) is 13.2 Å². The molecule has 0 amide bonds. The zero-order valence-corrected chi connectivity index (χ0v) is 18.1. The predicted molar refractivity (Wildman–Crippen MR) is 114 cm³/mol. The molecule has 3 rings (SSSR count). The number of aliphatic carboxylic acids is 1. The number of hydrogen-bond acceptors (Lipinski definition) is 5. The van der Waals surface area contributed by atoms with Crippen molar-refractivity contribution in [2.75, 3.05) is 6.61 Å². The normalized spacial score (nSPS) is 11.4. The fourth-order valence-electron chi connectivity index (χ4n) is 3.08. The number of benzene rings is 2. The summed E-state index contributed by atoms with van der Waals surface area (Å²) in [4.78, 5) is 28.6. The third-order valence-electron chi connectivity index (χ3n) is 4.78. The van der Waals surface area contributed by atoms with Gasteiger partial charge in [-0.25, -0.2) is 9.78 Å². The smallest absolute Gasteiger partial charge is 0.416 e. The molecule has 1 N–H and O–H groups in total. The van der Waals surface area contributed by atoms with Gasteiger partial charge < -0.3 is 9.84 Å². The molecule has 32 heavy (non-hydrogen) atoms. The van der Waals surface area contributed by atoms with Crippen LogP contribution in [0.15, 0.2) is 42.5 Å². The highest BCUT2D eigenvalue weighted by molar-refractivity contribution is 7.15. The first-order valence-electron chi connectivity index (χ1n) is 9.67. The minimum absolute atomic E-state index is 0.0817. The number of carbonyl (C=O) groups is 2. The van der Waals surface area contributed by atoms with Gasteiger partial charge in [-0.05, 0) is 56.2 Å². The summed E-state index contributed by atoms with van der Waals surface area (Å²) in [5.74, 6) is -0.759. The van der Waals surface area contributed by atoms with Crippen molar-refractivity contribution in [3.05, 3.63) is 69.7 Å². The largest absolute Gasteiger partial charge is 0.482 e. The number of carboxylic acids is 1. The van der Waals surface area contributed by atoms with Crippen molar-refractivity contribution in [2.45, 2.75) is 32.9 Å². The van der Waals surface area contributed by atoms with E-state index in [0.29, 0.717) is 33.9 Å². The van der Waals surface area contributed by atoms with E-state index >= 15 is 0 Å². The Kier molecular flexibility index (Phi) is 6.98. The van der Waals surface area contributed by atoms with Crippen LogP contribution in [0.3, 0.4) is 0 Å². The average molecular weight is 463 g/mol. The lowest BCUT2D eigenvalue weighted by Crippen LogP contribution is -2.10. The van der Waals surface area contributed by atoms with Gasteiger partial charge in [0.1, 0.15) is 10.8 Å².